The molecule has 1 radical (unpaired) electrons. The van der Waals surface area contributed by atoms with E-state index in [1.54, 1.807) is 0 Å². The van der Waals surface area contributed by atoms with Crippen LogP contribution in [0.5, 0.6) is 0 Å². The minimum atomic E-state index is 0. The van der Waals surface area contributed by atoms with Crippen LogP contribution < -0.4 is 123 Å². The van der Waals surface area contributed by atoms with Gasteiger partial charge in [0.05, 0.1) is 0 Å². The molecule has 0 aromatic heterocycles. The molecule has 0 saturated heterocycles. The van der Waals surface area contributed by atoms with Gasteiger partial charge in [0.1, 0.15) is 0 Å². The Morgan fingerprint density at radius 1 is 1.29 bits per heavy atom. The summed E-state index contributed by atoms with van der Waals surface area (Å²) in [6.45, 7) is 0. The second-order valence-corrected chi connectivity index (χ2v) is 3.02. The van der Waals surface area contributed by atoms with Crippen LogP contribution >= 0.6 is 25.0 Å². The van der Waals surface area contributed by atoms with E-state index in [2.05, 4.69) is 17.5 Å². The number of hydrogen-bond donors (Lipinski definition) is 1. The van der Waals surface area contributed by atoms with Crippen molar-refractivity contribution in [1.29, 1.82) is 0 Å². The maximum Gasteiger partial charge on any atom is 1.00 e. The first-order valence-electron chi connectivity index (χ1n) is 0.447. The summed E-state index contributed by atoms with van der Waals surface area (Å²) in [5.41, 5.74) is 0. The fourth-order valence-electron chi connectivity index (χ4n) is 0. The van der Waals surface area contributed by atoms with Crippen molar-refractivity contribution in [3.8, 4) is 0 Å². The van der Waals surface area contributed by atoms with Crippen molar-refractivity contribution in [3.05, 3.63) is 0 Å². The summed E-state index contributed by atoms with van der Waals surface area (Å²) in [7, 11) is 7.17. The summed E-state index contributed by atoms with van der Waals surface area (Å²) in [4.78, 5) is 0. The molecule has 0 fully saturated rings. The van der Waals surface area contributed by atoms with Gasteiger partial charge in [-0.25, -0.2) is 0 Å². The molecule has 27 valence electrons. The molecule has 7 heteroatoms. The van der Waals surface area contributed by atoms with E-state index >= 15 is 0 Å². The van der Waals surface area contributed by atoms with Gasteiger partial charge >= 0.3 is 116 Å². The molecule has 0 unspecified atom stereocenters. The molecular weight excluding hydrogens is 363 g/mol. The average Bonchev–Trinajstić information content (AvgIpc) is 0.918. The third-order valence-corrected chi connectivity index (χ3v) is 0. The molecule has 0 amide bonds. The smallest absolute Gasteiger partial charge is 0.493 e. The molecule has 0 aromatic rings. The van der Waals surface area contributed by atoms with Gasteiger partial charge in [0.15, 0.2) is 0 Å². The molecule has 7 heavy (non-hydrogen) atoms. The van der Waals surface area contributed by atoms with Gasteiger partial charge in [0.2, 0.25) is 0 Å². The van der Waals surface area contributed by atoms with Crippen LogP contribution in [0.25, 0.3) is 0 Å². The van der Waals surface area contributed by atoms with Crippen molar-refractivity contribution in [3.63, 3.8) is 0 Å². The predicted molar refractivity (Wildman–Crippen MR) is 35.3 cm³/mol. The summed E-state index contributed by atoms with van der Waals surface area (Å²) in [6, 6.07) is 0. The van der Waals surface area contributed by atoms with Gasteiger partial charge < -0.3 is 15.1 Å². The Balaban J connectivity index is -0.00000000333. The monoisotopic (exact) mass is 368 g/mol. The Kier molecular flexibility index (Phi) is 123. The van der Waals surface area contributed by atoms with E-state index in [1.807, 2.05) is 0 Å². The van der Waals surface area contributed by atoms with Gasteiger partial charge in [0.25, 0.3) is 0 Å². The minimum absolute atomic E-state index is 0. The quantitative estimate of drug-likeness (QED) is 0.424. The Hall–Kier alpha value is 6.41. The van der Waals surface area contributed by atoms with Crippen molar-refractivity contribution >= 4 is 83.2 Å². The summed E-state index contributed by atoms with van der Waals surface area (Å²) < 4.78 is 0. The van der Waals surface area contributed by atoms with E-state index in [0.29, 0.717) is 0 Å². The molecule has 0 bridgehead atoms. The summed E-state index contributed by atoms with van der Waals surface area (Å²) in [6.07, 6.45) is 0. The minimum Gasteiger partial charge on any atom is -0.493 e. The Morgan fingerprint density at radius 2 is 1.29 bits per heavy atom. The molecule has 0 aliphatic carbocycles. The van der Waals surface area contributed by atoms with Crippen molar-refractivity contribution in [2.24, 2.45) is 0 Å². The van der Waals surface area contributed by atoms with Crippen LogP contribution in [-0.4, -0.2) is 58.2 Å². The first-order valence-corrected chi connectivity index (χ1v) is 4.02. The second kappa shape index (κ2) is 29.4. The summed E-state index contributed by atoms with van der Waals surface area (Å²) in [5, 5.41) is 0. The van der Waals surface area contributed by atoms with Gasteiger partial charge in [-0.05, 0) is 0 Å². The van der Waals surface area contributed by atoms with Crippen molar-refractivity contribution in [1.82, 2.24) is 6.15 Å². The van der Waals surface area contributed by atoms with E-state index in [9.17, 15) is 0 Å². The third-order valence-electron chi connectivity index (χ3n) is 0. The van der Waals surface area contributed by atoms with Gasteiger partial charge in [-0.15, -0.1) is 8.53 Å². The van der Waals surface area contributed by atoms with Gasteiger partial charge in [-0.2, -0.15) is 0 Å². The second-order valence-electron chi connectivity index (χ2n) is 0.112. The predicted octanol–water partition coefficient (Wildman–Crippen LogP) is -3.95. The van der Waals surface area contributed by atoms with Crippen molar-refractivity contribution < 1.29 is 116 Å². The number of rotatable bonds is 0. The van der Waals surface area contributed by atoms with Crippen LogP contribution in [-0.2, 0) is 0 Å². The van der Waals surface area contributed by atoms with E-state index < -0.39 is 0 Å². The van der Waals surface area contributed by atoms with Crippen molar-refractivity contribution in [2.45, 2.75) is 0 Å². The SMILES string of the molecule is P=P[PH-].[NH4+].[Rb+].[Rb+].[Rb]. The first kappa shape index (κ1) is 29.2. The molecule has 0 saturated carbocycles. The first-order chi connectivity index (χ1) is 1.41. The normalized spacial score (nSPS) is 3.00. The van der Waals surface area contributed by atoms with E-state index in [4.69, 9.17) is 0 Å². The molecule has 1 nitrogen and oxygen atoms in total. The topological polar surface area (TPSA) is 36.5 Å². The third kappa shape index (κ3) is 32.7. The molecule has 0 spiro atoms. The zero-order valence-electron chi connectivity index (χ0n) is 5.45. The Labute approximate surface area is 198 Å². The van der Waals surface area contributed by atoms with Crippen LogP contribution in [0.2, 0.25) is 0 Å². The van der Waals surface area contributed by atoms with E-state index in [1.165, 1.54) is 0 Å². The maximum absolute atomic E-state index is 3.07. The van der Waals surface area contributed by atoms with Crippen LogP contribution in [0.3, 0.4) is 0 Å². The fraction of sp³-hybridized carbons (Fsp3) is 0. The van der Waals surface area contributed by atoms with Crippen LogP contribution in [0.15, 0.2) is 0 Å². The van der Waals surface area contributed by atoms with Crippen LogP contribution in [0, 0.1) is 0 Å². The van der Waals surface area contributed by atoms with Gasteiger partial charge in [-0.1, -0.05) is 0 Å². The fourth-order valence-corrected chi connectivity index (χ4v) is 0. The van der Waals surface area contributed by atoms with E-state index in [0.717, 1.165) is 7.56 Å². The largest absolute Gasteiger partial charge is 1.00 e. The molecule has 0 heterocycles. The zero-order valence-corrected chi connectivity index (χ0v) is 23.1. The van der Waals surface area contributed by atoms with Crippen LogP contribution in [0.1, 0.15) is 0 Å². The number of hydrogen-bond acceptors (Lipinski definition) is 0. The molecule has 0 rings (SSSR count). The maximum atomic E-state index is 3.07. The molecule has 0 aliphatic heterocycles. The van der Waals surface area contributed by atoms with E-state index in [-0.39, 0.29) is 181 Å². The summed E-state index contributed by atoms with van der Waals surface area (Å²) in [5.74, 6) is 0. The van der Waals surface area contributed by atoms with Gasteiger partial charge in [0, 0.05) is 58.2 Å². The van der Waals surface area contributed by atoms with Gasteiger partial charge in [-0.3, -0.25) is 7.56 Å². The zero-order chi connectivity index (χ0) is 2.71. The Bertz CT molecular complexity index is 17.7. The van der Waals surface area contributed by atoms with Crippen LogP contribution in [0.4, 0.5) is 0 Å². The molecule has 4 N–H and O–H groups in total. The number of quaternary nitrogens is 1. The Morgan fingerprint density at radius 3 is 1.29 bits per heavy atom. The molecular formula is H6NP3Rb3+2. The molecule has 0 aliphatic rings. The standard InChI is InChI=1S/H3N.H2P3.3Rb/c;1-3-2;;;/h1H3;1-2H;;;/q;-1;;2*+1/p+1. The molecule has 0 aromatic carbocycles. The molecule has 0 atom stereocenters. The van der Waals surface area contributed by atoms with Crippen molar-refractivity contribution in [2.75, 3.05) is 0 Å². The average molecular weight is 369 g/mol. The summed E-state index contributed by atoms with van der Waals surface area (Å²) >= 11 is 0.